The zero-order valence-electron chi connectivity index (χ0n) is 12.7. The lowest BCUT2D eigenvalue weighted by atomic mass is 9.81. The fourth-order valence-electron chi connectivity index (χ4n) is 2.51. The number of carbonyl (C=O) groups is 3. The van der Waals surface area contributed by atoms with Gasteiger partial charge >= 0.3 is 17.9 Å². The average Bonchev–Trinajstić information content (AvgIpc) is 2.40. The van der Waals surface area contributed by atoms with Crippen molar-refractivity contribution in [3.63, 3.8) is 0 Å². The Labute approximate surface area is 127 Å². The Hall–Kier alpha value is -2.28. The van der Waals surface area contributed by atoms with Gasteiger partial charge in [0.1, 0.15) is 18.2 Å². The van der Waals surface area contributed by atoms with E-state index in [0.29, 0.717) is 12.8 Å². The van der Waals surface area contributed by atoms with Gasteiger partial charge in [0.05, 0.1) is 6.61 Å². The molecular weight excluding hydrogens is 294 g/mol. The van der Waals surface area contributed by atoms with Gasteiger partial charge in [0.15, 0.2) is 0 Å². The van der Waals surface area contributed by atoms with E-state index in [-0.39, 0.29) is 12.5 Å². The third-order valence-corrected chi connectivity index (χ3v) is 3.31. The second kappa shape index (κ2) is 8.23. The molecule has 0 N–H and O–H groups in total. The second-order valence-corrected chi connectivity index (χ2v) is 5.06. The molecule has 9 nitrogen and oxygen atoms in total. The Morgan fingerprint density at radius 1 is 1.09 bits per heavy atom. The molecule has 1 aliphatic rings. The van der Waals surface area contributed by atoms with Crippen molar-refractivity contribution in [2.75, 3.05) is 6.61 Å². The van der Waals surface area contributed by atoms with E-state index in [0.717, 1.165) is 0 Å². The van der Waals surface area contributed by atoms with Crippen LogP contribution < -0.4 is 0 Å². The fourth-order valence-corrected chi connectivity index (χ4v) is 2.51. The quantitative estimate of drug-likeness (QED) is 0.249. The molecule has 0 heterocycles. The molecule has 122 valence electrons. The van der Waals surface area contributed by atoms with Gasteiger partial charge < -0.3 is 14.2 Å². The van der Waals surface area contributed by atoms with E-state index in [1.54, 1.807) is 0 Å². The van der Waals surface area contributed by atoms with Crippen LogP contribution in [0, 0.1) is 5.92 Å². The number of azide groups is 1. The first-order valence-corrected chi connectivity index (χ1v) is 6.87. The number of nitrogens with zero attached hydrogens (tertiary/aromatic N) is 3. The van der Waals surface area contributed by atoms with E-state index in [1.165, 1.54) is 20.8 Å². The van der Waals surface area contributed by atoms with Crippen LogP contribution in [-0.2, 0) is 28.6 Å². The molecule has 1 aliphatic carbocycles. The molecule has 0 amide bonds. The molecule has 1 unspecified atom stereocenters. The summed E-state index contributed by atoms with van der Waals surface area (Å²) in [5.41, 5.74) is 8.72. The monoisotopic (exact) mass is 313 g/mol. The number of carbonyl (C=O) groups excluding carboxylic acids is 3. The molecule has 0 saturated heterocycles. The highest BCUT2D eigenvalue weighted by Gasteiger charge is 2.43. The number of hydrogen-bond donors (Lipinski definition) is 0. The van der Waals surface area contributed by atoms with Crippen LogP contribution in [0.2, 0.25) is 0 Å². The van der Waals surface area contributed by atoms with Crippen LogP contribution >= 0.6 is 0 Å². The number of rotatable bonds is 5. The zero-order chi connectivity index (χ0) is 16.7. The molecule has 1 fully saturated rings. The standard InChI is InChI=1S/C13H19N3O6/c1-7(17)20-6-10-4-5-11(21-8(2)18)12(15-16-14)13(10)22-9(3)19/h10-13H,4-6H2,1-3H3/t10-,11+,12?,13+/m1/s1. The summed E-state index contributed by atoms with van der Waals surface area (Å²) in [6.45, 7) is 3.79. The minimum Gasteiger partial charge on any atom is -0.465 e. The van der Waals surface area contributed by atoms with E-state index in [4.69, 9.17) is 19.7 Å². The van der Waals surface area contributed by atoms with Crippen molar-refractivity contribution < 1.29 is 28.6 Å². The molecule has 22 heavy (non-hydrogen) atoms. The summed E-state index contributed by atoms with van der Waals surface area (Å²) < 4.78 is 15.3. The van der Waals surface area contributed by atoms with Crippen molar-refractivity contribution in [1.82, 2.24) is 0 Å². The van der Waals surface area contributed by atoms with Crippen molar-refractivity contribution in [3.05, 3.63) is 10.4 Å². The maximum Gasteiger partial charge on any atom is 0.302 e. The molecule has 1 saturated carbocycles. The predicted molar refractivity (Wildman–Crippen MR) is 73.4 cm³/mol. The highest BCUT2D eigenvalue weighted by molar-refractivity contribution is 5.67. The van der Waals surface area contributed by atoms with Gasteiger partial charge in [-0.25, -0.2) is 0 Å². The Kier molecular flexibility index (Phi) is 6.65. The van der Waals surface area contributed by atoms with Crippen LogP contribution in [0.3, 0.4) is 0 Å². The minimum atomic E-state index is -0.855. The van der Waals surface area contributed by atoms with Gasteiger partial charge in [-0.3, -0.25) is 14.4 Å². The molecule has 0 radical (unpaired) electrons. The summed E-state index contributed by atoms with van der Waals surface area (Å²) in [6.07, 6.45) is -0.565. The summed E-state index contributed by atoms with van der Waals surface area (Å²) in [4.78, 5) is 36.1. The molecule has 0 spiro atoms. The lowest BCUT2D eigenvalue weighted by Gasteiger charge is -2.39. The molecule has 0 aromatic rings. The lowest BCUT2D eigenvalue weighted by molar-refractivity contribution is -0.166. The Balaban J connectivity index is 2.97. The Morgan fingerprint density at radius 3 is 2.23 bits per heavy atom. The molecule has 0 aromatic heterocycles. The van der Waals surface area contributed by atoms with Crippen LogP contribution in [0.5, 0.6) is 0 Å². The maximum atomic E-state index is 11.3. The van der Waals surface area contributed by atoms with Crippen molar-refractivity contribution in [3.8, 4) is 0 Å². The molecule has 0 aromatic carbocycles. The van der Waals surface area contributed by atoms with Crippen LogP contribution in [-0.4, -0.2) is 42.8 Å². The fraction of sp³-hybridized carbons (Fsp3) is 0.769. The van der Waals surface area contributed by atoms with Gasteiger partial charge in [0, 0.05) is 31.6 Å². The topological polar surface area (TPSA) is 128 Å². The van der Waals surface area contributed by atoms with Gasteiger partial charge in [-0.2, -0.15) is 0 Å². The van der Waals surface area contributed by atoms with Crippen molar-refractivity contribution >= 4 is 17.9 Å². The Morgan fingerprint density at radius 2 is 1.73 bits per heavy atom. The van der Waals surface area contributed by atoms with Crippen molar-refractivity contribution in [2.24, 2.45) is 11.0 Å². The van der Waals surface area contributed by atoms with Crippen LogP contribution in [0.25, 0.3) is 10.4 Å². The van der Waals surface area contributed by atoms with Crippen LogP contribution in [0.15, 0.2) is 5.11 Å². The third-order valence-electron chi connectivity index (χ3n) is 3.31. The zero-order valence-corrected chi connectivity index (χ0v) is 12.7. The first kappa shape index (κ1) is 17.8. The highest BCUT2D eigenvalue weighted by atomic mass is 16.6. The van der Waals surface area contributed by atoms with E-state index < -0.39 is 36.2 Å². The molecule has 0 aliphatic heterocycles. The van der Waals surface area contributed by atoms with Gasteiger partial charge in [-0.05, 0) is 18.4 Å². The predicted octanol–water partition coefficient (Wildman–Crippen LogP) is 1.50. The van der Waals surface area contributed by atoms with Gasteiger partial charge in [0.2, 0.25) is 0 Å². The van der Waals surface area contributed by atoms with E-state index in [1.807, 2.05) is 0 Å². The van der Waals surface area contributed by atoms with Crippen LogP contribution in [0.1, 0.15) is 33.6 Å². The van der Waals surface area contributed by atoms with E-state index >= 15 is 0 Å². The van der Waals surface area contributed by atoms with Crippen molar-refractivity contribution in [2.45, 2.75) is 51.9 Å². The highest BCUT2D eigenvalue weighted by Crippen LogP contribution is 2.32. The normalized spacial score (nSPS) is 27.2. The first-order chi connectivity index (χ1) is 10.3. The third kappa shape index (κ3) is 5.25. The van der Waals surface area contributed by atoms with Gasteiger partial charge in [-0.1, -0.05) is 5.11 Å². The smallest absolute Gasteiger partial charge is 0.302 e. The average molecular weight is 313 g/mol. The lowest BCUT2D eigenvalue weighted by Crippen LogP contribution is -2.50. The van der Waals surface area contributed by atoms with E-state index in [9.17, 15) is 14.4 Å². The Bertz CT molecular complexity index is 488. The summed E-state index contributed by atoms with van der Waals surface area (Å²) in [7, 11) is 0. The molecule has 4 atom stereocenters. The summed E-state index contributed by atoms with van der Waals surface area (Å²) in [5.74, 6) is -1.85. The SMILES string of the molecule is CC(=O)OC[C@H]1CC[C@H](OC(C)=O)C(N=[N+]=[N-])[C@H]1OC(C)=O. The largest absolute Gasteiger partial charge is 0.465 e. The van der Waals surface area contributed by atoms with E-state index in [2.05, 4.69) is 10.0 Å². The molecule has 0 bridgehead atoms. The number of hydrogen-bond acceptors (Lipinski definition) is 7. The summed E-state index contributed by atoms with van der Waals surface area (Å²) in [6, 6.07) is -0.855. The molecule has 9 heteroatoms. The summed E-state index contributed by atoms with van der Waals surface area (Å²) >= 11 is 0. The molecule has 1 rings (SSSR count). The second-order valence-electron chi connectivity index (χ2n) is 5.06. The first-order valence-electron chi connectivity index (χ1n) is 6.87. The van der Waals surface area contributed by atoms with Gasteiger partial charge in [-0.15, -0.1) is 0 Å². The van der Waals surface area contributed by atoms with Crippen molar-refractivity contribution in [1.29, 1.82) is 0 Å². The number of ether oxygens (including phenoxy) is 3. The van der Waals surface area contributed by atoms with Crippen LogP contribution in [0.4, 0.5) is 0 Å². The van der Waals surface area contributed by atoms with Gasteiger partial charge in [0.25, 0.3) is 0 Å². The maximum absolute atomic E-state index is 11.3. The minimum absolute atomic E-state index is 0.0392. The number of esters is 3. The molecular formula is C13H19N3O6. The summed E-state index contributed by atoms with van der Waals surface area (Å²) in [5, 5.41) is 3.62.